The van der Waals surface area contributed by atoms with E-state index in [4.69, 9.17) is 9.57 Å². The summed E-state index contributed by atoms with van der Waals surface area (Å²) in [6.07, 6.45) is 0. The molecule has 1 rings (SSSR count). The van der Waals surface area contributed by atoms with E-state index in [0.717, 1.165) is 4.47 Å². The van der Waals surface area contributed by atoms with Crippen LogP contribution in [0, 0.1) is 0 Å². The highest BCUT2D eigenvalue weighted by Gasteiger charge is 2.07. The Morgan fingerprint density at radius 2 is 2.14 bits per heavy atom. The van der Waals surface area contributed by atoms with Crippen molar-refractivity contribution in [1.29, 1.82) is 0 Å². The molecule has 0 aliphatic heterocycles. The fourth-order valence-electron chi connectivity index (χ4n) is 1.03. The van der Waals surface area contributed by atoms with Crippen LogP contribution in [0.5, 0.6) is 11.5 Å². The van der Waals surface area contributed by atoms with Crippen molar-refractivity contribution in [2.45, 2.75) is 6.54 Å². The van der Waals surface area contributed by atoms with Crippen molar-refractivity contribution < 1.29 is 14.7 Å². The maximum atomic E-state index is 9.56. The molecule has 0 fully saturated rings. The van der Waals surface area contributed by atoms with E-state index in [9.17, 15) is 5.11 Å². The first-order chi connectivity index (χ1) is 6.69. The largest absolute Gasteiger partial charge is 0.508 e. The molecular formula is C9H12BrNO3. The second-order valence-corrected chi connectivity index (χ2v) is 3.50. The zero-order valence-corrected chi connectivity index (χ0v) is 9.59. The maximum absolute atomic E-state index is 9.56. The maximum Gasteiger partial charge on any atom is 0.133 e. The summed E-state index contributed by atoms with van der Waals surface area (Å²) in [7, 11) is 3.10. The molecule has 0 unspecified atom stereocenters. The smallest absolute Gasteiger partial charge is 0.133 e. The summed E-state index contributed by atoms with van der Waals surface area (Å²) in [5.74, 6) is 0.873. The van der Waals surface area contributed by atoms with Gasteiger partial charge in [0.25, 0.3) is 0 Å². The van der Waals surface area contributed by atoms with Gasteiger partial charge in [-0.3, -0.25) is 0 Å². The summed E-state index contributed by atoms with van der Waals surface area (Å²) < 4.78 is 5.82. The van der Waals surface area contributed by atoms with Gasteiger partial charge in [-0.15, -0.1) is 0 Å². The number of benzene rings is 1. The average molecular weight is 262 g/mol. The fraction of sp³-hybridized carbons (Fsp3) is 0.333. The predicted octanol–water partition coefficient (Wildman–Crippen LogP) is 1.81. The van der Waals surface area contributed by atoms with Gasteiger partial charge >= 0.3 is 0 Å². The number of hydroxylamine groups is 1. The lowest BCUT2D eigenvalue weighted by molar-refractivity contribution is 0.0861. The van der Waals surface area contributed by atoms with Crippen molar-refractivity contribution in [1.82, 2.24) is 5.48 Å². The number of phenolic OH excluding ortho intramolecular Hbond substituents is 1. The molecule has 0 aromatic heterocycles. The molecule has 0 saturated carbocycles. The molecule has 0 aliphatic rings. The molecular weight excluding hydrogens is 250 g/mol. The lowest BCUT2D eigenvalue weighted by atomic mass is 10.2. The molecule has 1 aromatic rings. The SMILES string of the molecule is CONCc1cc(OC)c(Br)cc1O. The monoisotopic (exact) mass is 261 g/mol. The van der Waals surface area contributed by atoms with Gasteiger partial charge in [-0.1, -0.05) is 0 Å². The third-order valence-corrected chi connectivity index (χ3v) is 2.38. The van der Waals surface area contributed by atoms with Crippen LogP contribution in [0.25, 0.3) is 0 Å². The Bertz CT molecular complexity index is 317. The Balaban J connectivity index is 2.92. The Morgan fingerprint density at radius 3 is 2.71 bits per heavy atom. The Labute approximate surface area is 90.9 Å². The summed E-state index contributed by atoms with van der Waals surface area (Å²) >= 11 is 3.27. The number of rotatable bonds is 4. The number of hydrogen-bond donors (Lipinski definition) is 2. The molecule has 0 heterocycles. The van der Waals surface area contributed by atoms with Crippen LogP contribution in [0.3, 0.4) is 0 Å². The van der Waals surface area contributed by atoms with Gasteiger partial charge in [0, 0.05) is 12.1 Å². The molecule has 0 amide bonds. The van der Waals surface area contributed by atoms with E-state index in [-0.39, 0.29) is 5.75 Å². The minimum Gasteiger partial charge on any atom is -0.508 e. The fourth-order valence-corrected chi connectivity index (χ4v) is 1.53. The van der Waals surface area contributed by atoms with Gasteiger partial charge in [-0.2, -0.15) is 5.48 Å². The van der Waals surface area contributed by atoms with Crippen molar-refractivity contribution in [2.24, 2.45) is 0 Å². The number of halogens is 1. The van der Waals surface area contributed by atoms with Gasteiger partial charge in [0.2, 0.25) is 0 Å². The van der Waals surface area contributed by atoms with Gasteiger partial charge < -0.3 is 14.7 Å². The van der Waals surface area contributed by atoms with Crippen molar-refractivity contribution in [2.75, 3.05) is 14.2 Å². The molecule has 0 atom stereocenters. The van der Waals surface area contributed by atoms with Crippen LogP contribution in [0.2, 0.25) is 0 Å². The molecule has 14 heavy (non-hydrogen) atoms. The van der Waals surface area contributed by atoms with Gasteiger partial charge in [-0.25, -0.2) is 0 Å². The van der Waals surface area contributed by atoms with Gasteiger partial charge in [-0.05, 0) is 28.1 Å². The lowest BCUT2D eigenvalue weighted by Crippen LogP contribution is -2.10. The summed E-state index contributed by atoms with van der Waals surface area (Å²) in [6.45, 7) is 0.423. The second kappa shape index (κ2) is 5.19. The van der Waals surface area contributed by atoms with Gasteiger partial charge in [0.1, 0.15) is 11.5 Å². The highest BCUT2D eigenvalue weighted by atomic mass is 79.9. The van der Waals surface area contributed by atoms with Crippen LogP contribution >= 0.6 is 15.9 Å². The number of methoxy groups -OCH3 is 1. The number of phenols is 1. The molecule has 0 bridgehead atoms. The van der Waals surface area contributed by atoms with Crippen LogP contribution in [-0.4, -0.2) is 19.3 Å². The third-order valence-electron chi connectivity index (χ3n) is 1.76. The first-order valence-corrected chi connectivity index (χ1v) is 4.79. The molecule has 0 radical (unpaired) electrons. The summed E-state index contributed by atoms with van der Waals surface area (Å²) in [6, 6.07) is 3.33. The summed E-state index contributed by atoms with van der Waals surface area (Å²) in [5, 5.41) is 9.56. The minimum absolute atomic E-state index is 0.197. The third kappa shape index (κ3) is 2.60. The normalized spacial score (nSPS) is 10.2. The number of hydrogen-bond acceptors (Lipinski definition) is 4. The number of ether oxygens (including phenoxy) is 1. The van der Waals surface area contributed by atoms with Crippen molar-refractivity contribution in [3.8, 4) is 11.5 Å². The van der Waals surface area contributed by atoms with Crippen molar-refractivity contribution >= 4 is 15.9 Å². The highest BCUT2D eigenvalue weighted by Crippen LogP contribution is 2.31. The first-order valence-electron chi connectivity index (χ1n) is 4.00. The lowest BCUT2D eigenvalue weighted by Gasteiger charge is -2.09. The van der Waals surface area contributed by atoms with Gasteiger partial charge in [0.05, 0.1) is 18.7 Å². The molecule has 2 N–H and O–H groups in total. The summed E-state index contributed by atoms with van der Waals surface area (Å²) in [5.41, 5.74) is 3.36. The van der Waals surface area contributed by atoms with Crippen LogP contribution in [-0.2, 0) is 11.4 Å². The standard InChI is InChI=1S/C9H12BrNO3/c1-13-9-3-6(5-11-14-2)8(12)4-7(9)10/h3-4,11-12H,5H2,1-2H3. The van der Waals surface area contributed by atoms with Crippen LogP contribution in [0.15, 0.2) is 16.6 Å². The van der Waals surface area contributed by atoms with Gasteiger partial charge in [0.15, 0.2) is 0 Å². The van der Waals surface area contributed by atoms with E-state index >= 15 is 0 Å². The second-order valence-electron chi connectivity index (χ2n) is 2.64. The number of aromatic hydroxyl groups is 1. The van der Waals surface area contributed by atoms with Crippen molar-refractivity contribution in [3.63, 3.8) is 0 Å². The number of nitrogens with one attached hydrogen (secondary N) is 1. The zero-order valence-electron chi connectivity index (χ0n) is 8.00. The molecule has 0 aliphatic carbocycles. The molecule has 0 spiro atoms. The van der Waals surface area contributed by atoms with Crippen LogP contribution < -0.4 is 10.2 Å². The van der Waals surface area contributed by atoms with Crippen LogP contribution in [0.4, 0.5) is 0 Å². The van der Waals surface area contributed by atoms with E-state index in [2.05, 4.69) is 21.4 Å². The van der Waals surface area contributed by atoms with E-state index in [1.54, 1.807) is 19.2 Å². The predicted molar refractivity (Wildman–Crippen MR) is 56.2 cm³/mol. The van der Waals surface area contributed by atoms with E-state index in [0.29, 0.717) is 17.9 Å². The van der Waals surface area contributed by atoms with Crippen molar-refractivity contribution in [3.05, 3.63) is 22.2 Å². The van der Waals surface area contributed by atoms with E-state index < -0.39 is 0 Å². The molecule has 78 valence electrons. The topological polar surface area (TPSA) is 50.7 Å². The molecule has 4 nitrogen and oxygen atoms in total. The minimum atomic E-state index is 0.197. The quantitative estimate of drug-likeness (QED) is 0.812. The first kappa shape index (κ1) is 11.3. The zero-order chi connectivity index (χ0) is 10.6. The molecule has 5 heteroatoms. The average Bonchev–Trinajstić information content (AvgIpc) is 2.17. The Kier molecular flexibility index (Phi) is 4.19. The van der Waals surface area contributed by atoms with E-state index in [1.807, 2.05) is 0 Å². The summed E-state index contributed by atoms with van der Waals surface area (Å²) in [4.78, 5) is 4.69. The highest BCUT2D eigenvalue weighted by molar-refractivity contribution is 9.10. The van der Waals surface area contributed by atoms with Crippen LogP contribution in [0.1, 0.15) is 5.56 Å². The molecule has 0 saturated heterocycles. The molecule has 1 aromatic carbocycles. The Morgan fingerprint density at radius 1 is 1.43 bits per heavy atom. The Hall–Kier alpha value is -0.780. The van der Waals surface area contributed by atoms with E-state index in [1.165, 1.54) is 7.11 Å².